The van der Waals surface area contributed by atoms with Crippen LogP contribution in [0.3, 0.4) is 0 Å². The molecule has 0 bridgehead atoms. The summed E-state index contributed by atoms with van der Waals surface area (Å²) in [6, 6.07) is 1.28. The van der Waals surface area contributed by atoms with E-state index in [4.69, 9.17) is 0 Å². The van der Waals surface area contributed by atoms with Crippen molar-refractivity contribution < 1.29 is 31.1 Å². The molecule has 0 aliphatic heterocycles. The van der Waals surface area contributed by atoms with Crippen LogP contribution in [0, 0.1) is 73.2 Å². The van der Waals surface area contributed by atoms with Gasteiger partial charge in [-0.25, -0.2) is 0 Å². The fourth-order valence-electron chi connectivity index (χ4n) is 3.81. The minimum atomic E-state index is 0. The predicted octanol–water partition coefficient (Wildman–Crippen LogP) is 6.89. The van der Waals surface area contributed by atoms with Gasteiger partial charge in [-0.2, -0.15) is 19.8 Å². The summed E-state index contributed by atoms with van der Waals surface area (Å²) in [6.45, 7) is 26.9. The normalized spacial score (nSPS) is 26.2. The van der Waals surface area contributed by atoms with Crippen LogP contribution in [0.5, 0.6) is 0 Å². The van der Waals surface area contributed by atoms with Crippen LogP contribution in [0.15, 0.2) is 0 Å². The summed E-state index contributed by atoms with van der Waals surface area (Å²) in [5.74, 6) is 3.31. The summed E-state index contributed by atoms with van der Waals surface area (Å²) >= 11 is 0. The largest absolute Gasteiger partial charge is 2.00 e. The molecule has 24 heavy (non-hydrogen) atoms. The van der Waals surface area contributed by atoms with Gasteiger partial charge in [0, 0.05) is 0 Å². The molecule has 0 spiro atoms. The van der Waals surface area contributed by atoms with Gasteiger partial charge in [-0.05, 0) is 43.6 Å². The topological polar surface area (TPSA) is 12.0 Å². The first-order valence-corrected chi connectivity index (χ1v) is 9.69. The van der Waals surface area contributed by atoms with E-state index in [1.807, 2.05) is 0 Å². The molecule has 1 N–H and O–H groups in total. The van der Waals surface area contributed by atoms with E-state index in [1.54, 1.807) is 0 Å². The van der Waals surface area contributed by atoms with Gasteiger partial charge in [0.25, 0.3) is 0 Å². The number of hydrogen-bond acceptors (Lipinski definition) is 1. The monoisotopic (exact) mass is 561 g/mol. The maximum atomic E-state index is 4.41. The van der Waals surface area contributed by atoms with E-state index in [1.165, 1.54) is 31.7 Å². The molecule has 1 aliphatic carbocycles. The van der Waals surface area contributed by atoms with Crippen molar-refractivity contribution in [2.75, 3.05) is 0 Å². The molecular formula is C22H45NU. The molecule has 1 fully saturated rings. The molecule has 142 valence electrons. The molecule has 0 radical (unpaired) electrons. The molecule has 0 aromatic heterocycles. The van der Waals surface area contributed by atoms with E-state index in [0.29, 0.717) is 11.3 Å². The van der Waals surface area contributed by atoms with Crippen LogP contribution in [0.1, 0.15) is 94.9 Å². The third-order valence-corrected chi connectivity index (χ3v) is 5.36. The SMILES string of the molecule is C[C-](C)NC(C)(C)C.[CH2-]C1CC(CC)CCC1C(C)C(C)(C)C.[U+2]. The van der Waals surface area contributed by atoms with E-state index in [9.17, 15) is 0 Å². The molecule has 0 aromatic carbocycles. The van der Waals surface area contributed by atoms with Crippen LogP contribution in [0.25, 0.3) is 0 Å². The van der Waals surface area contributed by atoms with Crippen molar-refractivity contribution >= 4 is 0 Å². The molecule has 1 aliphatic rings. The van der Waals surface area contributed by atoms with Gasteiger partial charge in [0.2, 0.25) is 0 Å². The first kappa shape index (κ1) is 27.2. The Morgan fingerprint density at radius 2 is 1.58 bits per heavy atom. The Balaban J connectivity index is 0. The average Bonchev–Trinajstić information content (AvgIpc) is 2.34. The van der Waals surface area contributed by atoms with E-state index in [0.717, 1.165) is 17.8 Å². The van der Waals surface area contributed by atoms with Crippen LogP contribution in [-0.2, 0) is 0 Å². The van der Waals surface area contributed by atoms with Crippen molar-refractivity contribution in [1.82, 2.24) is 5.32 Å². The molecular weight excluding hydrogens is 516 g/mol. The van der Waals surface area contributed by atoms with E-state index in [-0.39, 0.29) is 36.7 Å². The van der Waals surface area contributed by atoms with Crippen molar-refractivity contribution in [3.05, 3.63) is 13.0 Å². The molecule has 4 atom stereocenters. The van der Waals surface area contributed by atoms with Gasteiger partial charge in [-0.3, -0.25) is 6.04 Å². The maximum absolute atomic E-state index is 4.41. The Hall–Kier alpha value is 1.01. The Morgan fingerprint density at radius 3 is 1.83 bits per heavy atom. The summed E-state index contributed by atoms with van der Waals surface area (Å²) in [7, 11) is 0. The van der Waals surface area contributed by atoms with Gasteiger partial charge in [0.15, 0.2) is 0 Å². The summed E-state index contributed by atoms with van der Waals surface area (Å²) in [6.07, 6.45) is 5.56. The smallest absolute Gasteiger partial charge is 0.463 e. The van der Waals surface area contributed by atoms with Gasteiger partial charge in [0.05, 0.1) is 0 Å². The molecule has 0 amide bonds. The molecule has 1 rings (SSSR count). The Labute approximate surface area is 178 Å². The average molecular weight is 562 g/mol. The van der Waals surface area contributed by atoms with E-state index < -0.39 is 0 Å². The van der Waals surface area contributed by atoms with Crippen molar-refractivity contribution in [3.8, 4) is 0 Å². The fourth-order valence-corrected chi connectivity index (χ4v) is 3.81. The van der Waals surface area contributed by atoms with Crippen LogP contribution in [0.2, 0.25) is 0 Å². The number of nitrogens with one attached hydrogen (secondary N) is 1. The molecule has 1 saturated carbocycles. The van der Waals surface area contributed by atoms with E-state index >= 15 is 0 Å². The second-order valence-corrected chi connectivity index (χ2v) is 10.0. The number of hydrogen-bond donors (Lipinski definition) is 1. The van der Waals surface area contributed by atoms with Crippen molar-refractivity contribution in [3.63, 3.8) is 0 Å². The number of rotatable bonds is 3. The van der Waals surface area contributed by atoms with Crippen LogP contribution < -0.4 is 5.32 Å². The van der Waals surface area contributed by atoms with Gasteiger partial charge >= 0.3 is 31.1 Å². The molecule has 0 heterocycles. The maximum Gasteiger partial charge on any atom is 2.00 e. The van der Waals surface area contributed by atoms with E-state index in [2.05, 4.69) is 81.5 Å². The summed E-state index contributed by atoms with van der Waals surface area (Å²) in [5, 5.41) is 3.30. The van der Waals surface area contributed by atoms with Crippen molar-refractivity contribution in [1.29, 1.82) is 0 Å². The zero-order valence-electron chi connectivity index (χ0n) is 18.3. The van der Waals surface area contributed by atoms with Gasteiger partial charge < -0.3 is 12.2 Å². The van der Waals surface area contributed by atoms with Crippen molar-refractivity contribution in [2.45, 2.75) is 100 Å². The third kappa shape index (κ3) is 11.6. The minimum Gasteiger partial charge on any atom is -0.463 e. The standard InChI is InChI=1S/C15H29.C7H16N.U/c1-7-13-8-9-14(11(2)10-13)12(3)15(4,5)6;1-6(2)8-7(3,4)5;/h11-14H,2,7-10H2,1,3-6H3;8H,1-5H3;/q2*-1;+2. The fraction of sp³-hybridized carbons (Fsp3) is 0.909. The van der Waals surface area contributed by atoms with Crippen LogP contribution in [0.4, 0.5) is 0 Å². The van der Waals surface area contributed by atoms with Gasteiger partial charge in [0.1, 0.15) is 0 Å². The first-order valence-electron chi connectivity index (χ1n) is 9.69. The second kappa shape index (κ2) is 11.7. The molecule has 0 saturated heterocycles. The first-order chi connectivity index (χ1) is 10.3. The molecule has 2 heteroatoms. The minimum absolute atomic E-state index is 0. The van der Waals surface area contributed by atoms with Gasteiger partial charge in [-0.1, -0.05) is 66.2 Å². The van der Waals surface area contributed by atoms with Crippen LogP contribution in [-0.4, -0.2) is 5.54 Å². The quantitative estimate of drug-likeness (QED) is 0.370. The Bertz CT molecular complexity index is 311. The zero-order chi connectivity index (χ0) is 18.4. The predicted molar refractivity (Wildman–Crippen MR) is 106 cm³/mol. The molecule has 1 nitrogen and oxygen atoms in total. The molecule has 4 unspecified atom stereocenters. The Morgan fingerprint density at radius 1 is 1.08 bits per heavy atom. The summed E-state index contributed by atoms with van der Waals surface area (Å²) in [4.78, 5) is 0. The second-order valence-electron chi connectivity index (χ2n) is 10.0. The Kier molecular flexibility index (Phi) is 13.2. The molecule has 0 aromatic rings. The summed E-state index contributed by atoms with van der Waals surface area (Å²) < 4.78 is 0. The van der Waals surface area contributed by atoms with Gasteiger partial charge in [-0.15, -0.1) is 0 Å². The zero-order valence-corrected chi connectivity index (χ0v) is 22.5. The van der Waals surface area contributed by atoms with Crippen molar-refractivity contribution in [2.24, 2.45) is 29.1 Å². The van der Waals surface area contributed by atoms with Crippen LogP contribution >= 0.6 is 0 Å². The summed E-state index contributed by atoms with van der Waals surface area (Å²) in [5.41, 5.74) is 0.679. The third-order valence-electron chi connectivity index (χ3n) is 5.36.